The Balaban J connectivity index is 2.52. The zero-order valence-electron chi connectivity index (χ0n) is 11.3. The summed E-state index contributed by atoms with van der Waals surface area (Å²) in [4.78, 5) is 1.86. The summed E-state index contributed by atoms with van der Waals surface area (Å²) in [6, 6.07) is 0. The minimum atomic E-state index is -3.56. The SMILES string of the molecule is CS(=O)(=O)CCS(=O)(=O)N1CCN(CC(N)=NO)CC1. The molecular formula is C9H20N4O5S2. The topological polar surface area (TPSA) is 133 Å². The minimum Gasteiger partial charge on any atom is -0.409 e. The lowest BCUT2D eigenvalue weighted by Crippen LogP contribution is -2.51. The van der Waals surface area contributed by atoms with Gasteiger partial charge in [-0.2, -0.15) is 4.31 Å². The van der Waals surface area contributed by atoms with Crippen LogP contribution in [0.1, 0.15) is 0 Å². The largest absolute Gasteiger partial charge is 0.409 e. The predicted octanol–water partition coefficient (Wildman–Crippen LogP) is -2.28. The number of amidine groups is 1. The maximum absolute atomic E-state index is 12.0. The second-order valence-corrected chi connectivity index (χ2v) is 9.06. The van der Waals surface area contributed by atoms with Gasteiger partial charge in [-0.1, -0.05) is 5.16 Å². The number of nitrogens with two attached hydrogens (primary N) is 1. The molecular weight excluding hydrogens is 308 g/mol. The molecule has 20 heavy (non-hydrogen) atoms. The number of hydrogen-bond acceptors (Lipinski definition) is 7. The molecule has 0 atom stereocenters. The Bertz CT molecular complexity index is 549. The zero-order valence-corrected chi connectivity index (χ0v) is 12.9. The third-order valence-electron chi connectivity index (χ3n) is 2.95. The quantitative estimate of drug-likeness (QED) is 0.243. The van der Waals surface area contributed by atoms with E-state index >= 15 is 0 Å². The molecule has 1 heterocycles. The van der Waals surface area contributed by atoms with E-state index in [-0.39, 0.29) is 31.2 Å². The Labute approximate surface area is 119 Å². The van der Waals surface area contributed by atoms with E-state index in [0.29, 0.717) is 13.1 Å². The molecule has 0 aromatic rings. The van der Waals surface area contributed by atoms with Gasteiger partial charge < -0.3 is 10.9 Å². The van der Waals surface area contributed by atoms with Gasteiger partial charge in [0.15, 0.2) is 5.84 Å². The van der Waals surface area contributed by atoms with E-state index in [9.17, 15) is 16.8 Å². The monoisotopic (exact) mass is 328 g/mol. The van der Waals surface area contributed by atoms with E-state index < -0.39 is 25.6 Å². The molecule has 1 aliphatic heterocycles. The first-order chi connectivity index (χ1) is 9.14. The number of piperazine rings is 1. The van der Waals surface area contributed by atoms with Gasteiger partial charge in [0.1, 0.15) is 9.84 Å². The van der Waals surface area contributed by atoms with Gasteiger partial charge in [0.2, 0.25) is 10.0 Å². The second-order valence-electron chi connectivity index (χ2n) is 4.71. The number of hydrogen-bond donors (Lipinski definition) is 2. The van der Waals surface area contributed by atoms with Crippen LogP contribution in [0, 0.1) is 0 Å². The van der Waals surface area contributed by atoms with Crippen LogP contribution in [0.15, 0.2) is 5.16 Å². The van der Waals surface area contributed by atoms with Crippen LogP contribution in [0.2, 0.25) is 0 Å². The summed E-state index contributed by atoms with van der Waals surface area (Å²) in [7, 11) is -6.86. The van der Waals surface area contributed by atoms with Crippen LogP contribution in [0.5, 0.6) is 0 Å². The van der Waals surface area contributed by atoms with Gasteiger partial charge in [-0.3, -0.25) is 4.90 Å². The highest BCUT2D eigenvalue weighted by Gasteiger charge is 2.27. The van der Waals surface area contributed by atoms with Crippen LogP contribution >= 0.6 is 0 Å². The van der Waals surface area contributed by atoms with Crippen molar-refractivity contribution in [3.05, 3.63) is 0 Å². The molecule has 0 spiro atoms. The molecule has 0 aliphatic carbocycles. The Hall–Kier alpha value is -0.910. The molecule has 0 saturated carbocycles. The molecule has 1 rings (SSSR count). The third-order valence-corrected chi connectivity index (χ3v) is 6.03. The average molecular weight is 328 g/mol. The summed E-state index contributed by atoms with van der Waals surface area (Å²) in [5, 5.41) is 11.3. The summed E-state index contributed by atoms with van der Waals surface area (Å²) in [6.07, 6.45) is 1.01. The van der Waals surface area contributed by atoms with Gasteiger partial charge in [-0.15, -0.1) is 0 Å². The van der Waals surface area contributed by atoms with Crippen LogP contribution in [0.25, 0.3) is 0 Å². The summed E-state index contributed by atoms with van der Waals surface area (Å²) in [6.45, 7) is 1.71. The molecule has 0 unspecified atom stereocenters. The molecule has 0 aromatic carbocycles. The van der Waals surface area contributed by atoms with E-state index in [1.807, 2.05) is 4.90 Å². The molecule has 3 N–H and O–H groups in total. The van der Waals surface area contributed by atoms with Gasteiger partial charge in [0, 0.05) is 32.4 Å². The van der Waals surface area contributed by atoms with Gasteiger partial charge in [-0.25, -0.2) is 16.8 Å². The van der Waals surface area contributed by atoms with E-state index in [4.69, 9.17) is 10.9 Å². The molecule has 0 amide bonds. The molecule has 11 heteroatoms. The van der Waals surface area contributed by atoms with E-state index in [1.54, 1.807) is 0 Å². The lowest BCUT2D eigenvalue weighted by molar-refractivity contribution is 0.206. The fourth-order valence-corrected chi connectivity index (χ4v) is 4.84. The van der Waals surface area contributed by atoms with E-state index in [0.717, 1.165) is 6.26 Å². The molecule has 1 saturated heterocycles. The molecule has 1 fully saturated rings. The van der Waals surface area contributed by atoms with Crippen LogP contribution in [0.3, 0.4) is 0 Å². The number of nitrogens with zero attached hydrogens (tertiary/aromatic N) is 3. The van der Waals surface area contributed by atoms with Gasteiger partial charge in [-0.05, 0) is 0 Å². The Morgan fingerprint density at radius 2 is 1.70 bits per heavy atom. The van der Waals surface area contributed by atoms with Crippen LogP contribution in [0.4, 0.5) is 0 Å². The van der Waals surface area contributed by atoms with Crippen molar-refractivity contribution in [3.63, 3.8) is 0 Å². The average Bonchev–Trinajstić information content (AvgIpc) is 2.36. The van der Waals surface area contributed by atoms with Crippen molar-refractivity contribution in [1.29, 1.82) is 0 Å². The normalized spacial score (nSPS) is 20.1. The van der Waals surface area contributed by atoms with E-state index in [1.165, 1.54) is 4.31 Å². The highest BCUT2D eigenvalue weighted by Crippen LogP contribution is 2.08. The van der Waals surface area contributed by atoms with Crippen molar-refractivity contribution in [2.45, 2.75) is 0 Å². The number of sulfone groups is 1. The standard InChI is InChI=1S/C9H20N4O5S2/c1-19(15,16)6-7-20(17,18)13-4-2-12(3-5-13)8-9(10)11-14/h14H,2-8H2,1H3,(H2,10,11). The summed E-state index contributed by atoms with van der Waals surface area (Å²) in [5.41, 5.74) is 5.38. The lowest BCUT2D eigenvalue weighted by atomic mass is 10.3. The van der Waals surface area contributed by atoms with Crippen molar-refractivity contribution in [1.82, 2.24) is 9.21 Å². The van der Waals surface area contributed by atoms with E-state index in [2.05, 4.69) is 5.16 Å². The van der Waals surface area contributed by atoms with Crippen molar-refractivity contribution in [2.75, 3.05) is 50.5 Å². The Morgan fingerprint density at radius 3 is 2.15 bits per heavy atom. The van der Waals surface area contributed by atoms with Crippen molar-refractivity contribution >= 4 is 25.7 Å². The second kappa shape index (κ2) is 6.70. The molecule has 1 aliphatic rings. The van der Waals surface area contributed by atoms with Gasteiger partial charge >= 0.3 is 0 Å². The van der Waals surface area contributed by atoms with Crippen molar-refractivity contribution in [3.8, 4) is 0 Å². The van der Waals surface area contributed by atoms with Gasteiger partial charge in [0.05, 0.1) is 18.1 Å². The highest BCUT2D eigenvalue weighted by molar-refractivity contribution is 7.93. The summed E-state index contributed by atoms with van der Waals surface area (Å²) >= 11 is 0. The fourth-order valence-electron chi connectivity index (χ4n) is 1.81. The molecule has 0 aromatic heterocycles. The first-order valence-corrected chi connectivity index (χ1v) is 9.65. The minimum absolute atomic E-state index is 0.0679. The smallest absolute Gasteiger partial charge is 0.215 e. The Kier molecular flexibility index (Phi) is 5.74. The number of sulfonamides is 1. The van der Waals surface area contributed by atoms with Crippen LogP contribution in [-0.4, -0.2) is 87.6 Å². The van der Waals surface area contributed by atoms with Crippen LogP contribution < -0.4 is 5.73 Å². The number of rotatable bonds is 6. The van der Waals surface area contributed by atoms with Crippen molar-refractivity contribution in [2.24, 2.45) is 10.9 Å². The maximum Gasteiger partial charge on any atom is 0.215 e. The molecule has 9 nitrogen and oxygen atoms in total. The lowest BCUT2D eigenvalue weighted by Gasteiger charge is -2.33. The Morgan fingerprint density at radius 1 is 1.15 bits per heavy atom. The zero-order chi connectivity index (χ0) is 15.4. The number of oxime groups is 1. The first-order valence-electron chi connectivity index (χ1n) is 5.98. The third kappa shape index (κ3) is 5.61. The molecule has 118 valence electrons. The van der Waals surface area contributed by atoms with Crippen LogP contribution in [-0.2, 0) is 19.9 Å². The van der Waals surface area contributed by atoms with Gasteiger partial charge in [0.25, 0.3) is 0 Å². The van der Waals surface area contributed by atoms with Crippen molar-refractivity contribution < 1.29 is 22.0 Å². The summed E-state index contributed by atoms with van der Waals surface area (Å²) < 4.78 is 47.3. The molecule has 0 bridgehead atoms. The highest BCUT2D eigenvalue weighted by atomic mass is 32.2. The predicted molar refractivity (Wildman–Crippen MR) is 74.9 cm³/mol. The summed E-state index contributed by atoms with van der Waals surface area (Å²) in [5.74, 6) is -0.704. The fraction of sp³-hybridized carbons (Fsp3) is 0.889. The maximum atomic E-state index is 12.0. The molecule has 0 radical (unpaired) electrons. The first kappa shape index (κ1) is 17.1.